The summed E-state index contributed by atoms with van der Waals surface area (Å²) in [4.78, 5) is 4.25. The first-order valence-electron chi connectivity index (χ1n) is 7.46. The maximum atomic E-state index is 11.2. The van der Waals surface area contributed by atoms with Crippen LogP contribution in [0, 0.1) is 17.2 Å². The van der Waals surface area contributed by atoms with Crippen molar-refractivity contribution in [3.63, 3.8) is 0 Å². The van der Waals surface area contributed by atoms with Crippen LogP contribution in [0.25, 0.3) is 11.3 Å². The maximum absolute atomic E-state index is 11.2. The molecule has 1 saturated carbocycles. The minimum Gasteiger partial charge on any atom is -0.387 e. The lowest BCUT2D eigenvalue weighted by Gasteiger charge is -2.39. The number of benzene rings is 1. The van der Waals surface area contributed by atoms with Gasteiger partial charge in [-0.25, -0.2) is 4.98 Å². The normalized spacial score (nSPS) is 30.5. The molecule has 0 unspecified atom stereocenters. The van der Waals surface area contributed by atoms with Gasteiger partial charge >= 0.3 is 0 Å². The van der Waals surface area contributed by atoms with Crippen LogP contribution >= 0.6 is 0 Å². The van der Waals surface area contributed by atoms with Gasteiger partial charge in [0.2, 0.25) is 0 Å². The molecule has 1 fully saturated rings. The molecule has 4 nitrogen and oxygen atoms in total. The molecule has 2 heterocycles. The third-order valence-corrected chi connectivity index (χ3v) is 5.02. The number of aromatic nitrogens is 2. The van der Waals surface area contributed by atoms with Gasteiger partial charge in [0.1, 0.15) is 0 Å². The van der Waals surface area contributed by atoms with Gasteiger partial charge in [-0.1, -0.05) is 24.3 Å². The van der Waals surface area contributed by atoms with Crippen molar-refractivity contribution in [3.05, 3.63) is 42.4 Å². The number of hydrogen-bond donors (Lipinski definition) is 1. The number of nitriles is 1. The molecule has 4 rings (SSSR count). The van der Waals surface area contributed by atoms with Crippen molar-refractivity contribution >= 4 is 0 Å². The smallest absolute Gasteiger partial charge is 0.0957 e. The van der Waals surface area contributed by atoms with E-state index in [1.54, 1.807) is 0 Å². The molecule has 1 aromatic carbocycles. The number of hydrogen-bond acceptors (Lipinski definition) is 3. The summed E-state index contributed by atoms with van der Waals surface area (Å²) < 4.78 is 2.09. The van der Waals surface area contributed by atoms with E-state index in [4.69, 9.17) is 5.26 Å². The first kappa shape index (κ1) is 12.6. The summed E-state index contributed by atoms with van der Waals surface area (Å²) in [6.07, 6.45) is 6.56. The molecule has 1 aliphatic carbocycles. The Hall–Kier alpha value is -2.12. The van der Waals surface area contributed by atoms with Gasteiger partial charge in [0.25, 0.3) is 0 Å². The zero-order valence-corrected chi connectivity index (χ0v) is 11.7. The zero-order valence-electron chi connectivity index (χ0n) is 11.7. The number of fused-ring (bicyclic) bond motifs is 3. The van der Waals surface area contributed by atoms with Crippen LogP contribution in [0.5, 0.6) is 0 Å². The molecule has 0 amide bonds. The van der Waals surface area contributed by atoms with E-state index in [2.05, 4.69) is 27.8 Å². The fourth-order valence-electron chi connectivity index (χ4n) is 3.91. The fourth-order valence-corrected chi connectivity index (χ4v) is 3.91. The van der Waals surface area contributed by atoms with Crippen LogP contribution in [0.1, 0.15) is 37.3 Å². The largest absolute Gasteiger partial charge is 0.387 e. The van der Waals surface area contributed by atoms with Crippen LogP contribution in [0.3, 0.4) is 0 Å². The predicted molar refractivity (Wildman–Crippen MR) is 78.3 cm³/mol. The highest BCUT2D eigenvalue weighted by Gasteiger charge is 2.46. The number of imidazole rings is 1. The fraction of sp³-hybridized carbons (Fsp3) is 0.412. The Kier molecular flexibility index (Phi) is 2.66. The van der Waals surface area contributed by atoms with Crippen molar-refractivity contribution in [2.75, 3.05) is 0 Å². The van der Waals surface area contributed by atoms with Gasteiger partial charge < -0.3 is 9.67 Å². The average Bonchev–Trinajstić information content (AvgIpc) is 3.08. The molecule has 2 aliphatic rings. The standard InChI is InChI=1S/C17H17N3O/c18-9-12-5-7-17(21,8-6-12)16-14-4-2-1-3-13(14)15-10-19-11-20(15)16/h1-4,10-12,16,21H,5-8H2/t12?,16-,17?/m1/s1. The highest BCUT2D eigenvalue weighted by atomic mass is 16.3. The van der Waals surface area contributed by atoms with Gasteiger partial charge in [-0.3, -0.25) is 0 Å². The first-order valence-corrected chi connectivity index (χ1v) is 7.46. The van der Waals surface area contributed by atoms with Crippen molar-refractivity contribution in [2.45, 2.75) is 37.3 Å². The van der Waals surface area contributed by atoms with Crippen LogP contribution in [0.4, 0.5) is 0 Å². The summed E-state index contributed by atoms with van der Waals surface area (Å²) >= 11 is 0. The molecular weight excluding hydrogens is 262 g/mol. The van der Waals surface area contributed by atoms with Gasteiger partial charge in [-0.05, 0) is 31.2 Å². The van der Waals surface area contributed by atoms with Gasteiger partial charge in [-0.2, -0.15) is 5.26 Å². The number of nitrogens with zero attached hydrogens (tertiary/aromatic N) is 3. The second kappa shape index (κ2) is 4.44. The molecule has 1 aliphatic heterocycles. The van der Waals surface area contributed by atoms with Crippen molar-refractivity contribution < 1.29 is 5.11 Å². The molecule has 2 aromatic rings. The second-order valence-corrected chi connectivity index (χ2v) is 6.18. The van der Waals surface area contributed by atoms with E-state index in [0.29, 0.717) is 12.8 Å². The zero-order chi connectivity index (χ0) is 14.4. The second-order valence-electron chi connectivity index (χ2n) is 6.18. The van der Waals surface area contributed by atoms with Crippen LogP contribution in [0.15, 0.2) is 36.8 Å². The summed E-state index contributed by atoms with van der Waals surface area (Å²) in [6, 6.07) is 10.5. The summed E-state index contributed by atoms with van der Waals surface area (Å²) in [6.45, 7) is 0. The lowest BCUT2D eigenvalue weighted by atomic mass is 9.73. The predicted octanol–water partition coefficient (Wildman–Crippen LogP) is 2.90. The highest BCUT2D eigenvalue weighted by Crippen LogP contribution is 2.49. The number of aliphatic hydroxyl groups is 1. The third-order valence-electron chi connectivity index (χ3n) is 5.02. The Balaban J connectivity index is 1.78. The molecule has 0 spiro atoms. The van der Waals surface area contributed by atoms with Crippen LogP contribution in [-0.2, 0) is 0 Å². The van der Waals surface area contributed by atoms with E-state index in [9.17, 15) is 5.11 Å². The molecule has 1 aromatic heterocycles. The van der Waals surface area contributed by atoms with E-state index in [-0.39, 0.29) is 12.0 Å². The van der Waals surface area contributed by atoms with E-state index < -0.39 is 5.60 Å². The van der Waals surface area contributed by atoms with Crippen LogP contribution < -0.4 is 0 Å². The van der Waals surface area contributed by atoms with E-state index in [0.717, 1.165) is 24.1 Å². The molecule has 1 N–H and O–H groups in total. The van der Waals surface area contributed by atoms with Crippen LogP contribution in [0.2, 0.25) is 0 Å². The molecule has 0 saturated heterocycles. The van der Waals surface area contributed by atoms with Crippen molar-refractivity contribution in [2.24, 2.45) is 5.92 Å². The summed E-state index contributed by atoms with van der Waals surface area (Å²) in [5.74, 6) is 0.0872. The number of rotatable bonds is 1. The Labute approximate surface area is 123 Å². The maximum Gasteiger partial charge on any atom is 0.0957 e. The van der Waals surface area contributed by atoms with Crippen LogP contribution in [-0.4, -0.2) is 20.3 Å². The monoisotopic (exact) mass is 279 g/mol. The quantitative estimate of drug-likeness (QED) is 0.873. The van der Waals surface area contributed by atoms with Gasteiger partial charge in [0.15, 0.2) is 0 Å². The molecular formula is C17H17N3O. The summed E-state index contributed by atoms with van der Waals surface area (Å²) in [5, 5.41) is 20.3. The van der Waals surface area contributed by atoms with Crippen molar-refractivity contribution in [1.29, 1.82) is 5.26 Å². The Bertz CT molecular complexity index is 720. The molecule has 4 heteroatoms. The molecule has 21 heavy (non-hydrogen) atoms. The van der Waals surface area contributed by atoms with E-state index in [1.807, 2.05) is 24.7 Å². The lowest BCUT2D eigenvalue weighted by Crippen LogP contribution is -2.42. The molecule has 0 bridgehead atoms. The minimum absolute atomic E-state index is 0.0779. The Morgan fingerprint density at radius 3 is 2.81 bits per heavy atom. The molecule has 1 atom stereocenters. The third kappa shape index (κ3) is 1.74. The summed E-state index contributed by atoms with van der Waals surface area (Å²) in [5.41, 5.74) is 2.63. The SMILES string of the molecule is N#CC1CCC(O)([C@H]2c3ccccc3-c3cncn32)CC1. The molecule has 0 radical (unpaired) electrons. The van der Waals surface area contributed by atoms with E-state index >= 15 is 0 Å². The lowest BCUT2D eigenvalue weighted by molar-refractivity contribution is -0.0344. The topological polar surface area (TPSA) is 61.8 Å². The van der Waals surface area contributed by atoms with Gasteiger partial charge in [0.05, 0.1) is 35.9 Å². The van der Waals surface area contributed by atoms with Gasteiger partial charge in [0, 0.05) is 11.5 Å². The van der Waals surface area contributed by atoms with Crippen molar-refractivity contribution in [1.82, 2.24) is 9.55 Å². The first-order chi connectivity index (χ1) is 10.2. The highest BCUT2D eigenvalue weighted by molar-refractivity contribution is 5.69. The van der Waals surface area contributed by atoms with Crippen molar-refractivity contribution in [3.8, 4) is 17.3 Å². The average molecular weight is 279 g/mol. The van der Waals surface area contributed by atoms with E-state index in [1.165, 1.54) is 5.56 Å². The summed E-state index contributed by atoms with van der Waals surface area (Å²) in [7, 11) is 0. The Morgan fingerprint density at radius 1 is 1.29 bits per heavy atom. The molecule has 106 valence electrons. The minimum atomic E-state index is -0.782. The Morgan fingerprint density at radius 2 is 2.05 bits per heavy atom. The van der Waals surface area contributed by atoms with Gasteiger partial charge in [-0.15, -0.1) is 0 Å².